The van der Waals surface area contributed by atoms with Crippen LogP contribution in [0.1, 0.15) is 37.0 Å². The standard InChI is InChI=1S/C18H25N3O4/c1-3-20(4-2)18(24)15-6-5-11-21(15)16(22)12-25-14-9-7-13(8-10-14)17(19)23/h7-10,15H,3-6,11-12H2,1-2H3,(H2,19,23)/t15-/m1/s1. The zero-order chi connectivity index (χ0) is 18.4. The van der Waals surface area contributed by atoms with Crippen LogP contribution < -0.4 is 10.5 Å². The number of carbonyl (C=O) groups excluding carboxylic acids is 3. The molecule has 0 aromatic heterocycles. The summed E-state index contributed by atoms with van der Waals surface area (Å²) in [5.41, 5.74) is 5.56. The largest absolute Gasteiger partial charge is 0.484 e. The topological polar surface area (TPSA) is 92.9 Å². The summed E-state index contributed by atoms with van der Waals surface area (Å²) in [5, 5.41) is 0. The Labute approximate surface area is 147 Å². The first-order valence-electron chi connectivity index (χ1n) is 8.58. The highest BCUT2D eigenvalue weighted by atomic mass is 16.5. The maximum atomic E-state index is 12.5. The third-order valence-corrected chi connectivity index (χ3v) is 4.43. The van der Waals surface area contributed by atoms with Gasteiger partial charge in [-0.3, -0.25) is 14.4 Å². The fraction of sp³-hybridized carbons (Fsp3) is 0.500. The Morgan fingerprint density at radius 2 is 1.84 bits per heavy atom. The zero-order valence-electron chi connectivity index (χ0n) is 14.7. The van der Waals surface area contributed by atoms with Crippen molar-refractivity contribution in [1.29, 1.82) is 0 Å². The second-order valence-corrected chi connectivity index (χ2v) is 5.93. The summed E-state index contributed by atoms with van der Waals surface area (Å²) in [6.45, 7) is 5.56. The van der Waals surface area contributed by atoms with Gasteiger partial charge in [-0.2, -0.15) is 0 Å². The lowest BCUT2D eigenvalue weighted by atomic mass is 10.2. The summed E-state index contributed by atoms with van der Waals surface area (Å²) in [4.78, 5) is 39.4. The Hall–Kier alpha value is -2.57. The van der Waals surface area contributed by atoms with Crippen molar-refractivity contribution in [2.45, 2.75) is 32.7 Å². The predicted octanol–water partition coefficient (Wildman–Crippen LogP) is 1.02. The molecule has 136 valence electrons. The number of rotatable bonds is 7. The molecule has 2 N–H and O–H groups in total. The van der Waals surface area contributed by atoms with Crippen LogP contribution in [0.3, 0.4) is 0 Å². The molecule has 7 nitrogen and oxygen atoms in total. The molecular weight excluding hydrogens is 322 g/mol. The number of hydrogen-bond acceptors (Lipinski definition) is 4. The second-order valence-electron chi connectivity index (χ2n) is 5.93. The fourth-order valence-electron chi connectivity index (χ4n) is 3.01. The van der Waals surface area contributed by atoms with Gasteiger partial charge < -0.3 is 20.3 Å². The van der Waals surface area contributed by atoms with Crippen molar-refractivity contribution < 1.29 is 19.1 Å². The van der Waals surface area contributed by atoms with Crippen LogP contribution in [0.5, 0.6) is 5.75 Å². The molecule has 3 amide bonds. The van der Waals surface area contributed by atoms with E-state index in [1.165, 1.54) is 0 Å². The Morgan fingerprint density at radius 1 is 1.20 bits per heavy atom. The van der Waals surface area contributed by atoms with Crippen LogP contribution in [-0.2, 0) is 9.59 Å². The van der Waals surface area contributed by atoms with Gasteiger partial charge in [0.2, 0.25) is 11.8 Å². The van der Waals surface area contributed by atoms with Gasteiger partial charge in [0, 0.05) is 25.2 Å². The minimum Gasteiger partial charge on any atom is -0.484 e. The first kappa shape index (κ1) is 18.8. The lowest BCUT2D eigenvalue weighted by molar-refractivity contribution is -0.144. The highest BCUT2D eigenvalue weighted by Crippen LogP contribution is 2.20. The van der Waals surface area contributed by atoms with Crippen LogP contribution in [0, 0.1) is 0 Å². The first-order valence-corrected chi connectivity index (χ1v) is 8.58. The SMILES string of the molecule is CCN(CC)C(=O)[C@H]1CCCN1C(=O)COc1ccc(C(N)=O)cc1. The molecule has 1 saturated heterocycles. The number of nitrogens with zero attached hydrogens (tertiary/aromatic N) is 2. The predicted molar refractivity (Wildman–Crippen MR) is 93.1 cm³/mol. The molecule has 1 aliphatic rings. The molecule has 2 rings (SSSR count). The van der Waals surface area contributed by atoms with E-state index in [4.69, 9.17) is 10.5 Å². The van der Waals surface area contributed by atoms with Crippen molar-refractivity contribution in [1.82, 2.24) is 9.80 Å². The number of hydrogen-bond donors (Lipinski definition) is 1. The molecule has 1 aromatic carbocycles. The van der Waals surface area contributed by atoms with Gasteiger partial charge in [0.15, 0.2) is 6.61 Å². The van der Waals surface area contributed by atoms with Crippen molar-refractivity contribution >= 4 is 17.7 Å². The molecule has 0 radical (unpaired) electrons. The summed E-state index contributed by atoms with van der Waals surface area (Å²) in [7, 11) is 0. The van der Waals surface area contributed by atoms with Crippen molar-refractivity contribution in [2.75, 3.05) is 26.2 Å². The summed E-state index contributed by atoms with van der Waals surface area (Å²) >= 11 is 0. The average Bonchev–Trinajstić information content (AvgIpc) is 3.10. The Bertz CT molecular complexity index is 626. The molecule has 1 heterocycles. The Balaban J connectivity index is 1.95. The lowest BCUT2D eigenvalue weighted by Crippen LogP contribution is -2.48. The van der Waals surface area contributed by atoms with Crippen LogP contribution in [0.4, 0.5) is 0 Å². The van der Waals surface area contributed by atoms with E-state index in [1.54, 1.807) is 34.1 Å². The first-order chi connectivity index (χ1) is 12.0. The van der Waals surface area contributed by atoms with E-state index < -0.39 is 11.9 Å². The molecule has 0 bridgehead atoms. The highest BCUT2D eigenvalue weighted by Gasteiger charge is 2.35. The number of ether oxygens (including phenoxy) is 1. The van der Waals surface area contributed by atoms with Gasteiger partial charge in [-0.1, -0.05) is 0 Å². The normalized spacial score (nSPS) is 16.6. The van der Waals surface area contributed by atoms with Gasteiger partial charge in [0.25, 0.3) is 5.91 Å². The Kier molecular flexibility index (Phi) is 6.38. The number of primary amides is 1. The number of amides is 3. The van der Waals surface area contributed by atoms with Crippen LogP contribution in [0.25, 0.3) is 0 Å². The second kappa shape index (κ2) is 8.50. The molecule has 25 heavy (non-hydrogen) atoms. The lowest BCUT2D eigenvalue weighted by Gasteiger charge is -2.29. The molecule has 1 aromatic rings. The average molecular weight is 347 g/mol. The highest BCUT2D eigenvalue weighted by molar-refractivity contribution is 5.92. The van der Waals surface area contributed by atoms with E-state index in [-0.39, 0.29) is 18.4 Å². The Morgan fingerprint density at radius 3 is 2.40 bits per heavy atom. The minimum atomic E-state index is -0.516. The monoisotopic (exact) mass is 347 g/mol. The smallest absolute Gasteiger partial charge is 0.261 e. The molecule has 1 fully saturated rings. The summed E-state index contributed by atoms with van der Waals surface area (Å²) in [5.74, 6) is -0.245. The quantitative estimate of drug-likeness (QED) is 0.797. The van der Waals surface area contributed by atoms with E-state index in [0.717, 1.165) is 6.42 Å². The molecule has 0 spiro atoms. The number of carbonyl (C=O) groups is 3. The molecule has 0 aliphatic carbocycles. The van der Waals surface area contributed by atoms with Crippen LogP contribution >= 0.6 is 0 Å². The van der Waals surface area contributed by atoms with E-state index in [9.17, 15) is 14.4 Å². The van der Waals surface area contributed by atoms with E-state index in [0.29, 0.717) is 37.4 Å². The molecular formula is C18H25N3O4. The minimum absolute atomic E-state index is 0.00154. The van der Waals surface area contributed by atoms with Crippen molar-refractivity contribution in [2.24, 2.45) is 5.73 Å². The third kappa shape index (κ3) is 4.49. The summed E-state index contributed by atoms with van der Waals surface area (Å²) in [6.07, 6.45) is 1.51. The fourth-order valence-corrected chi connectivity index (χ4v) is 3.01. The molecule has 1 atom stereocenters. The molecule has 0 saturated carbocycles. The van der Waals surface area contributed by atoms with Gasteiger partial charge in [-0.05, 0) is 51.0 Å². The van der Waals surface area contributed by atoms with Gasteiger partial charge >= 0.3 is 0 Å². The van der Waals surface area contributed by atoms with Crippen molar-refractivity contribution in [3.8, 4) is 5.75 Å². The van der Waals surface area contributed by atoms with Crippen LogP contribution in [0.15, 0.2) is 24.3 Å². The third-order valence-electron chi connectivity index (χ3n) is 4.43. The maximum absolute atomic E-state index is 12.5. The number of benzene rings is 1. The summed E-state index contributed by atoms with van der Waals surface area (Å²) in [6, 6.07) is 5.88. The van der Waals surface area contributed by atoms with E-state index in [2.05, 4.69) is 0 Å². The van der Waals surface area contributed by atoms with Gasteiger partial charge in [-0.25, -0.2) is 0 Å². The number of nitrogens with two attached hydrogens (primary N) is 1. The van der Waals surface area contributed by atoms with Gasteiger partial charge in [-0.15, -0.1) is 0 Å². The van der Waals surface area contributed by atoms with E-state index in [1.807, 2.05) is 13.8 Å². The van der Waals surface area contributed by atoms with Gasteiger partial charge in [0.05, 0.1) is 0 Å². The van der Waals surface area contributed by atoms with Gasteiger partial charge in [0.1, 0.15) is 11.8 Å². The maximum Gasteiger partial charge on any atom is 0.261 e. The molecule has 1 aliphatic heterocycles. The van der Waals surface area contributed by atoms with E-state index >= 15 is 0 Å². The molecule has 7 heteroatoms. The molecule has 0 unspecified atom stereocenters. The van der Waals surface area contributed by atoms with Crippen molar-refractivity contribution in [3.63, 3.8) is 0 Å². The number of likely N-dealkylation sites (tertiary alicyclic amines) is 1. The summed E-state index contributed by atoms with van der Waals surface area (Å²) < 4.78 is 5.49. The van der Waals surface area contributed by atoms with Crippen LogP contribution in [-0.4, -0.2) is 59.8 Å². The van der Waals surface area contributed by atoms with Crippen molar-refractivity contribution in [3.05, 3.63) is 29.8 Å². The van der Waals surface area contributed by atoms with Crippen LogP contribution in [0.2, 0.25) is 0 Å². The number of likely N-dealkylation sites (N-methyl/N-ethyl adjacent to an activating group) is 1. The zero-order valence-corrected chi connectivity index (χ0v) is 14.7.